The Balaban J connectivity index is 1.81. The standard InChI is InChI=1S/C21H20N2O3/c1-15(17-9-6-11-19(13-17)23(25)26)22(2)21(24)14-18-10-5-8-16-7-3-4-12-20(16)18/h3-13,15H,14H2,1-2H3/t15-/m1/s1. The van der Waals surface area contributed by atoms with E-state index in [1.54, 1.807) is 24.1 Å². The summed E-state index contributed by atoms with van der Waals surface area (Å²) in [5, 5.41) is 13.1. The Morgan fingerprint density at radius 3 is 2.54 bits per heavy atom. The third-order valence-electron chi connectivity index (χ3n) is 4.76. The number of likely N-dealkylation sites (N-methyl/N-ethyl adjacent to an activating group) is 1. The normalized spacial score (nSPS) is 11.9. The Labute approximate surface area is 152 Å². The van der Waals surface area contributed by atoms with Gasteiger partial charge in [-0.3, -0.25) is 14.9 Å². The molecular weight excluding hydrogens is 328 g/mol. The van der Waals surface area contributed by atoms with Gasteiger partial charge in [0.05, 0.1) is 17.4 Å². The minimum Gasteiger partial charge on any atom is -0.339 e. The van der Waals surface area contributed by atoms with Gasteiger partial charge in [0, 0.05) is 19.2 Å². The second-order valence-electron chi connectivity index (χ2n) is 6.35. The highest BCUT2D eigenvalue weighted by Gasteiger charge is 2.20. The molecule has 5 heteroatoms. The Morgan fingerprint density at radius 1 is 1.08 bits per heavy atom. The van der Waals surface area contributed by atoms with Crippen LogP contribution in [0.4, 0.5) is 5.69 Å². The quantitative estimate of drug-likeness (QED) is 0.503. The van der Waals surface area contributed by atoms with E-state index in [0.29, 0.717) is 0 Å². The predicted molar refractivity (Wildman–Crippen MR) is 102 cm³/mol. The first kappa shape index (κ1) is 17.6. The molecule has 26 heavy (non-hydrogen) atoms. The summed E-state index contributed by atoms with van der Waals surface area (Å²) in [6, 6.07) is 20.1. The van der Waals surface area contributed by atoms with Gasteiger partial charge in [-0.2, -0.15) is 0 Å². The number of hydrogen-bond acceptors (Lipinski definition) is 3. The van der Waals surface area contributed by atoms with Gasteiger partial charge in [0.25, 0.3) is 5.69 Å². The molecule has 132 valence electrons. The first-order chi connectivity index (χ1) is 12.5. The smallest absolute Gasteiger partial charge is 0.269 e. The molecule has 0 aromatic heterocycles. The Hall–Kier alpha value is -3.21. The number of nitro groups is 1. The van der Waals surface area contributed by atoms with E-state index in [0.717, 1.165) is 21.9 Å². The van der Waals surface area contributed by atoms with Crippen LogP contribution in [0.1, 0.15) is 24.1 Å². The van der Waals surface area contributed by atoms with Gasteiger partial charge in [-0.15, -0.1) is 0 Å². The van der Waals surface area contributed by atoms with Crippen LogP contribution >= 0.6 is 0 Å². The van der Waals surface area contributed by atoms with E-state index in [2.05, 4.69) is 0 Å². The van der Waals surface area contributed by atoms with E-state index < -0.39 is 4.92 Å². The summed E-state index contributed by atoms with van der Waals surface area (Å²) in [5.41, 5.74) is 1.75. The van der Waals surface area contributed by atoms with Crippen LogP contribution in [0, 0.1) is 10.1 Å². The van der Waals surface area contributed by atoms with E-state index in [-0.39, 0.29) is 24.1 Å². The van der Waals surface area contributed by atoms with Gasteiger partial charge >= 0.3 is 0 Å². The lowest BCUT2D eigenvalue weighted by Crippen LogP contribution is -2.31. The minimum atomic E-state index is -0.422. The van der Waals surface area contributed by atoms with Gasteiger partial charge in [-0.25, -0.2) is 0 Å². The van der Waals surface area contributed by atoms with E-state index >= 15 is 0 Å². The largest absolute Gasteiger partial charge is 0.339 e. The van der Waals surface area contributed by atoms with Gasteiger partial charge in [0.15, 0.2) is 0 Å². The molecule has 0 aliphatic rings. The van der Waals surface area contributed by atoms with Crippen molar-refractivity contribution in [3.8, 4) is 0 Å². The summed E-state index contributed by atoms with van der Waals surface area (Å²) < 4.78 is 0. The van der Waals surface area contributed by atoms with Crippen LogP contribution in [0.2, 0.25) is 0 Å². The maximum atomic E-state index is 12.8. The molecule has 0 N–H and O–H groups in total. The monoisotopic (exact) mass is 348 g/mol. The highest BCUT2D eigenvalue weighted by molar-refractivity contribution is 5.90. The number of rotatable bonds is 5. The fourth-order valence-electron chi connectivity index (χ4n) is 3.07. The third-order valence-corrected chi connectivity index (χ3v) is 4.76. The van der Waals surface area contributed by atoms with E-state index in [9.17, 15) is 14.9 Å². The third kappa shape index (κ3) is 3.57. The van der Waals surface area contributed by atoms with E-state index in [4.69, 9.17) is 0 Å². The number of carbonyl (C=O) groups is 1. The first-order valence-electron chi connectivity index (χ1n) is 8.44. The predicted octanol–water partition coefficient (Wildman–Crippen LogP) is 4.51. The molecule has 5 nitrogen and oxygen atoms in total. The second kappa shape index (κ2) is 7.35. The molecule has 1 amide bonds. The van der Waals surface area contributed by atoms with Crippen LogP contribution in [0.15, 0.2) is 66.7 Å². The number of carbonyl (C=O) groups excluding carboxylic acids is 1. The molecule has 0 fully saturated rings. The van der Waals surface area contributed by atoms with Gasteiger partial charge in [-0.05, 0) is 28.8 Å². The number of benzene rings is 3. The number of nitro benzene ring substituents is 1. The molecule has 3 aromatic carbocycles. The zero-order chi connectivity index (χ0) is 18.7. The topological polar surface area (TPSA) is 63.5 Å². The molecule has 3 aromatic rings. The van der Waals surface area contributed by atoms with Crippen molar-refractivity contribution < 1.29 is 9.72 Å². The average Bonchev–Trinajstić information content (AvgIpc) is 2.67. The summed E-state index contributed by atoms with van der Waals surface area (Å²) in [6.45, 7) is 1.88. The zero-order valence-electron chi connectivity index (χ0n) is 14.8. The molecule has 0 radical (unpaired) electrons. The number of fused-ring (bicyclic) bond motifs is 1. The fraction of sp³-hybridized carbons (Fsp3) is 0.190. The molecule has 0 aliphatic carbocycles. The van der Waals surface area contributed by atoms with Crippen LogP contribution in [0.5, 0.6) is 0 Å². The van der Waals surface area contributed by atoms with Gasteiger partial charge < -0.3 is 4.90 Å². The van der Waals surface area contributed by atoms with Crippen molar-refractivity contribution in [2.24, 2.45) is 0 Å². The Morgan fingerprint density at radius 2 is 1.77 bits per heavy atom. The second-order valence-corrected chi connectivity index (χ2v) is 6.35. The highest BCUT2D eigenvalue weighted by atomic mass is 16.6. The molecule has 0 saturated heterocycles. The summed E-state index contributed by atoms with van der Waals surface area (Å²) in [5.74, 6) is -0.0274. The molecule has 1 atom stereocenters. The van der Waals surface area contributed by atoms with Crippen LogP contribution in [0.3, 0.4) is 0 Å². The average molecular weight is 348 g/mol. The lowest BCUT2D eigenvalue weighted by Gasteiger charge is -2.25. The molecular formula is C21H20N2O3. The van der Waals surface area contributed by atoms with Crippen LogP contribution in [0.25, 0.3) is 10.8 Å². The van der Waals surface area contributed by atoms with E-state index in [1.165, 1.54) is 12.1 Å². The summed E-state index contributed by atoms with van der Waals surface area (Å²) >= 11 is 0. The molecule has 0 aliphatic heterocycles. The van der Waals surface area contributed by atoms with Gasteiger partial charge in [0.2, 0.25) is 5.91 Å². The number of amides is 1. The van der Waals surface area contributed by atoms with Crippen molar-refractivity contribution in [1.29, 1.82) is 0 Å². The molecule has 0 spiro atoms. The Bertz CT molecular complexity index is 963. The molecule has 0 saturated carbocycles. The molecule has 0 bridgehead atoms. The molecule has 0 heterocycles. The number of hydrogen-bond donors (Lipinski definition) is 0. The van der Waals surface area contributed by atoms with Crippen molar-refractivity contribution in [3.05, 3.63) is 88.0 Å². The first-order valence-corrected chi connectivity index (χ1v) is 8.44. The maximum absolute atomic E-state index is 12.8. The van der Waals surface area contributed by atoms with Crippen molar-refractivity contribution >= 4 is 22.4 Å². The summed E-state index contributed by atoms with van der Waals surface area (Å²) in [6.07, 6.45) is 0.289. The lowest BCUT2D eigenvalue weighted by atomic mass is 10.0. The van der Waals surface area contributed by atoms with Crippen LogP contribution in [-0.2, 0) is 11.2 Å². The zero-order valence-corrected chi connectivity index (χ0v) is 14.8. The lowest BCUT2D eigenvalue weighted by molar-refractivity contribution is -0.384. The SMILES string of the molecule is C[C@H](c1cccc([N+](=O)[O-])c1)N(C)C(=O)Cc1cccc2ccccc12. The van der Waals surface area contributed by atoms with Gasteiger partial charge in [0.1, 0.15) is 0 Å². The summed E-state index contributed by atoms with van der Waals surface area (Å²) in [7, 11) is 1.73. The molecule has 3 rings (SSSR count). The van der Waals surface area contributed by atoms with Crippen LogP contribution in [-0.4, -0.2) is 22.8 Å². The van der Waals surface area contributed by atoms with Crippen molar-refractivity contribution in [2.75, 3.05) is 7.05 Å². The van der Waals surface area contributed by atoms with Crippen molar-refractivity contribution in [3.63, 3.8) is 0 Å². The van der Waals surface area contributed by atoms with Crippen molar-refractivity contribution in [1.82, 2.24) is 4.90 Å². The number of nitrogens with zero attached hydrogens (tertiary/aromatic N) is 2. The number of non-ortho nitro benzene ring substituents is 1. The highest BCUT2D eigenvalue weighted by Crippen LogP contribution is 2.25. The van der Waals surface area contributed by atoms with Crippen LogP contribution < -0.4 is 0 Å². The van der Waals surface area contributed by atoms with Crippen molar-refractivity contribution in [2.45, 2.75) is 19.4 Å². The summed E-state index contributed by atoms with van der Waals surface area (Å²) in [4.78, 5) is 25.0. The Kier molecular flexibility index (Phi) is 4.98. The molecule has 0 unspecified atom stereocenters. The minimum absolute atomic E-state index is 0.0274. The van der Waals surface area contributed by atoms with Gasteiger partial charge in [-0.1, -0.05) is 54.6 Å². The van der Waals surface area contributed by atoms with E-state index in [1.807, 2.05) is 49.4 Å². The fourth-order valence-corrected chi connectivity index (χ4v) is 3.07. The maximum Gasteiger partial charge on any atom is 0.269 e.